The van der Waals surface area contributed by atoms with Gasteiger partial charge in [-0.25, -0.2) is 0 Å². The highest BCUT2D eigenvalue weighted by Gasteiger charge is 1.96. The number of hydrogen-bond donors (Lipinski definition) is 1. The predicted molar refractivity (Wildman–Crippen MR) is 69.8 cm³/mol. The fourth-order valence-corrected chi connectivity index (χ4v) is 1.40. The molecular formula is C14H21NO. The molecule has 88 valence electrons. The summed E-state index contributed by atoms with van der Waals surface area (Å²) in [4.78, 5) is 0. The van der Waals surface area contributed by atoms with Crippen molar-refractivity contribution in [1.82, 2.24) is 5.32 Å². The Hall–Kier alpha value is -1.28. The van der Waals surface area contributed by atoms with Crippen molar-refractivity contribution in [2.45, 2.75) is 26.3 Å². The number of hydrogen-bond acceptors (Lipinski definition) is 2. The fourth-order valence-electron chi connectivity index (χ4n) is 1.40. The SMILES string of the molecule is CC[C@@H](C)NC/C=C/c1ccccc1OC. The monoisotopic (exact) mass is 219 g/mol. The first kappa shape index (κ1) is 12.8. The van der Waals surface area contributed by atoms with Crippen molar-refractivity contribution < 1.29 is 4.74 Å². The Morgan fingerprint density at radius 1 is 1.38 bits per heavy atom. The van der Waals surface area contributed by atoms with Crippen LogP contribution in [0.1, 0.15) is 25.8 Å². The molecular weight excluding hydrogens is 198 g/mol. The lowest BCUT2D eigenvalue weighted by Gasteiger charge is -2.08. The molecule has 1 aromatic carbocycles. The number of benzene rings is 1. The number of ether oxygens (including phenoxy) is 1. The lowest BCUT2D eigenvalue weighted by atomic mass is 10.2. The molecule has 0 saturated heterocycles. The van der Waals surface area contributed by atoms with Crippen LogP contribution < -0.4 is 10.1 Å². The minimum atomic E-state index is 0.572. The molecule has 0 bridgehead atoms. The molecule has 16 heavy (non-hydrogen) atoms. The molecule has 1 atom stereocenters. The summed E-state index contributed by atoms with van der Waals surface area (Å²) in [5.41, 5.74) is 1.12. The summed E-state index contributed by atoms with van der Waals surface area (Å²) >= 11 is 0. The number of para-hydroxylation sites is 1. The molecule has 2 nitrogen and oxygen atoms in total. The Balaban J connectivity index is 2.49. The van der Waals surface area contributed by atoms with Crippen molar-refractivity contribution in [1.29, 1.82) is 0 Å². The van der Waals surface area contributed by atoms with Crippen LogP contribution in [0, 0.1) is 0 Å². The lowest BCUT2D eigenvalue weighted by Crippen LogP contribution is -2.24. The van der Waals surface area contributed by atoms with Crippen LogP contribution in [0.3, 0.4) is 0 Å². The standard InChI is InChI=1S/C14H21NO/c1-4-12(2)15-11-7-9-13-8-5-6-10-14(13)16-3/h5-10,12,15H,4,11H2,1-3H3/b9-7+/t12-/m1/s1. The van der Waals surface area contributed by atoms with Gasteiger partial charge in [-0.3, -0.25) is 0 Å². The first-order valence-electron chi connectivity index (χ1n) is 5.80. The van der Waals surface area contributed by atoms with Gasteiger partial charge in [-0.2, -0.15) is 0 Å². The van der Waals surface area contributed by atoms with E-state index in [4.69, 9.17) is 4.74 Å². The van der Waals surface area contributed by atoms with Gasteiger partial charge in [0, 0.05) is 18.2 Å². The summed E-state index contributed by atoms with van der Waals surface area (Å²) in [6, 6.07) is 8.60. The molecule has 0 aliphatic carbocycles. The predicted octanol–water partition coefficient (Wildman–Crippen LogP) is 3.10. The van der Waals surface area contributed by atoms with Gasteiger partial charge in [0.15, 0.2) is 0 Å². The Labute approximate surface area is 98.3 Å². The molecule has 0 radical (unpaired) electrons. The van der Waals surface area contributed by atoms with Crippen molar-refractivity contribution in [3.05, 3.63) is 35.9 Å². The molecule has 0 heterocycles. The van der Waals surface area contributed by atoms with Crippen molar-refractivity contribution in [3.63, 3.8) is 0 Å². The summed E-state index contributed by atoms with van der Waals surface area (Å²) in [6.45, 7) is 5.27. The molecule has 2 heteroatoms. The van der Waals surface area contributed by atoms with E-state index >= 15 is 0 Å². The van der Waals surface area contributed by atoms with Gasteiger partial charge < -0.3 is 10.1 Å². The van der Waals surface area contributed by atoms with Crippen molar-refractivity contribution >= 4 is 6.08 Å². The maximum absolute atomic E-state index is 5.27. The molecule has 0 aliphatic heterocycles. The molecule has 0 aromatic heterocycles. The van der Waals surface area contributed by atoms with E-state index in [1.807, 2.05) is 18.2 Å². The van der Waals surface area contributed by atoms with E-state index in [1.165, 1.54) is 0 Å². The molecule has 0 aliphatic rings. The minimum absolute atomic E-state index is 0.572. The second kappa shape index (κ2) is 7.07. The summed E-state index contributed by atoms with van der Waals surface area (Å²) in [7, 11) is 1.70. The van der Waals surface area contributed by atoms with Crippen LogP contribution in [-0.4, -0.2) is 19.7 Å². The van der Waals surface area contributed by atoms with Crippen LogP contribution in [0.4, 0.5) is 0 Å². The third-order valence-electron chi connectivity index (χ3n) is 2.63. The first-order valence-corrected chi connectivity index (χ1v) is 5.80. The van der Waals surface area contributed by atoms with Crippen LogP contribution in [0.2, 0.25) is 0 Å². The zero-order chi connectivity index (χ0) is 11.8. The highest BCUT2D eigenvalue weighted by Crippen LogP contribution is 2.18. The second-order valence-corrected chi connectivity index (χ2v) is 3.86. The van der Waals surface area contributed by atoms with Gasteiger partial charge in [0.05, 0.1) is 7.11 Å². The smallest absolute Gasteiger partial charge is 0.126 e. The number of rotatable bonds is 6. The van der Waals surface area contributed by atoms with Gasteiger partial charge in [0.2, 0.25) is 0 Å². The van der Waals surface area contributed by atoms with E-state index in [0.29, 0.717) is 6.04 Å². The summed E-state index contributed by atoms with van der Waals surface area (Å²) in [5.74, 6) is 0.919. The molecule has 0 amide bonds. The summed E-state index contributed by atoms with van der Waals surface area (Å²) < 4.78 is 5.27. The second-order valence-electron chi connectivity index (χ2n) is 3.86. The third-order valence-corrected chi connectivity index (χ3v) is 2.63. The van der Waals surface area contributed by atoms with E-state index in [2.05, 4.69) is 37.4 Å². The van der Waals surface area contributed by atoms with Gasteiger partial charge >= 0.3 is 0 Å². The Kier molecular flexibility index (Phi) is 5.65. The lowest BCUT2D eigenvalue weighted by molar-refractivity contribution is 0.414. The maximum Gasteiger partial charge on any atom is 0.126 e. The van der Waals surface area contributed by atoms with Gasteiger partial charge in [-0.1, -0.05) is 37.3 Å². The average Bonchev–Trinajstić information content (AvgIpc) is 2.34. The highest BCUT2D eigenvalue weighted by molar-refractivity contribution is 5.57. The molecule has 1 aromatic rings. The van der Waals surface area contributed by atoms with Crippen LogP contribution >= 0.6 is 0 Å². The van der Waals surface area contributed by atoms with Crippen molar-refractivity contribution in [2.75, 3.05) is 13.7 Å². The molecule has 0 fully saturated rings. The average molecular weight is 219 g/mol. The number of nitrogens with one attached hydrogen (secondary N) is 1. The van der Waals surface area contributed by atoms with Gasteiger partial charge in [0.25, 0.3) is 0 Å². The fraction of sp³-hybridized carbons (Fsp3) is 0.429. The quantitative estimate of drug-likeness (QED) is 0.793. The molecule has 0 unspecified atom stereocenters. The third kappa shape index (κ3) is 4.07. The molecule has 0 saturated carbocycles. The minimum Gasteiger partial charge on any atom is -0.496 e. The van der Waals surface area contributed by atoms with E-state index in [1.54, 1.807) is 7.11 Å². The molecule has 0 spiro atoms. The van der Waals surface area contributed by atoms with Crippen LogP contribution in [0.15, 0.2) is 30.3 Å². The largest absolute Gasteiger partial charge is 0.496 e. The van der Waals surface area contributed by atoms with Gasteiger partial charge in [0.1, 0.15) is 5.75 Å². The van der Waals surface area contributed by atoms with Gasteiger partial charge in [-0.15, -0.1) is 0 Å². The van der Waals surface area contributed by atoms with E-state index in [9.17, 15) is 0 Å². The maximum atomic E-state index is 5.27. The summed E-state index contributed by atoms with van der Waals surface area (Å²) in [5, 5.41) is 3.41. The van der Waals surface area contributed by atoms with Gasteiger partial charge in [-0.05, 0) is 19.4 Å². The van der Waals surface area contributed by atoms with Crippen LogP contribution in [0.25, 0.3) is 6.08 Å². The Morgan fingerprint density at radius 3 is 2.81 bits per heavy atom. The summed E-state index contributed by atoms with van der Waals surface area (Å²) in [6.07, 6.45) is 5.38. The molecule has 1 N–H and O–H groups in total. The van der Waals surface area contributed by atoms with E-state index in [-0.39, 0.29) is 0 Å². The van der Waals surface area contributed by atoms with E-state index < -0.39 is 0 Å². The van der Waals surface area contributed by atoms with Crippen molar-refractivity contribution in [2.24, 2.45) is 0 Å². The molecule has 1 rings (SSSR count). The zero-order valence-electron chi connectivity index (χ0n) is 10.4. The zero-order valence-corrected chi connectivity index (χ0v) is 10.4. The van der Waals surface area contributed by atoms with Crippen molar-refractivity contribution in [3.8, 4) is 5.75 Å². The Morgan fingerprint density at radius 2 is 2.12 bits per heavy atom. The van der Waals surface area contributed by atoms with Crippen LogP contribution in [-0.2, 0) is 0 Å². The first-order chi connectivity index (χ1) is 7.77. The highest BCUT2D eigenvalue weighted by atomic mass is 16.5. The number of methoxy groups -OCH3 is 1. The topological polar surface area (TPSA) is 21.3 Å². The normalized spacial score (nSPS) is 12.9. The van der Waals surface area contributed by atoms with E-state index in [0.717, 1.165) is 24.3 Å². The Bertz CT molecular complexity index is 333. The van der Waals surface area contributed by atoms with Crippen LogP contribution in [0.5, 0.6) is 5.75 Å².